The lowest BCUT2D eigenvalue weighted by Crippen LogP contribution is -2.09. The highest BCUT2D eigenvalue weighted by Crippen LogP contribution is 2.23. The van der Waals surface area contributed by atoms with Gasteiger partial charge >= 0.3 is 0 Å². The maximum atomic E-state index is 12.8. The van der Waals surface area contributed by atoms with Crippen LogP contribution in [0.15, 0.2) is 48.5 Å². The van der Waals surface area contributed by atoms with E-state index in [0.29, 0.717) is 6.54 Å². The Hall–Kier alpha value is -1.87. The molecule has 0 aliphatic carbocycles. The molecular formula is C14H15FN2. The quantitative estimate of drug-likeness (QED) is 0.878. The van der Waals surface area contributed by atoms with Crippen molar-refractivity contribution in [2.75, 3.05) is 11.9 Å². The van der Waals surface area contributed by atoms with Gasteiger partial charge in [-0.1, -0.05) is 12.1 Å². The van der Waals surface area contributed by atoms with Gasteiger partial charge in [0.2, 0.25) is 0 Å². The highest BCUT2D eigenvalue weighted by molar-refractivity contribution is 5.62. The van der Waals surface area contributed by atoms with E-state index in [1.54, 1.807) is 12.1 Å². The van der Waals surface area contributed by atoms with Crippen LogP contribution in [0.1, 0.15) is 5.56 Å². The Morgan fingerprint density at radius 3 is 1.88 bits per heavy atom. The standard InChI is InChI=1S/C14H15FN2/c1-17(14-8-4-12(15)5-9-14)13-6-2-11(10-16)3-7-13/h2-9H,10,16H2,1H3. The minimum absolute atomic E-state index is 0.222. The molecule has 0 aromatic heterocycles. The van der Waals surface area contributed by atoms with Crippen LogP contribution in [0, 0.1) is 5.82 Å². The fourth-order valence-corrected chi connectivity index (χ4v) is 1.67. The summed E-state index contributed by atoms with van der Waals surface area (Å²) in [5.74, 6) is -0.222. The van der Waals surface area contributed by atoms with E-state index in [1.165, 1.54) is 12.1 Å². The molecule has 0 spiro atoms. The SMILES string of the molecule is CN(c1ccc(F)cc1)c1ccc(CN)cc1. The number of hydrogen-bond acceptors (Lipinski definition) is 2. The van der Waals surface area contributed by atoms with Crippen molar-refractivity contribution in [1.82, 2.24) is 0 Å². The first-order valence-corrected chi connectivity index (χ1v) is 5.49. The van der Waals surface area contributed by atoms with Crippen LogP contribution in [0.4, 0.5) is 15.8 Å². The summed E-state index contributed by atoms with van der Waals surface area (Å²) in [6, 6.07) is 14.4. The maximum Gasteiger partial charge on any atom is 0.123 e. The van der Waals surface area contributed by atoms with Crippen molar-refractivity contribution >= 4 is 11.4 Å². The molecule has 0 aliphatic rings. The second kappa shape index (κ2) is 4.97. The van der Waals surface area contributed by atoms with E-state index in [2.05, 4.69) is 0 Å². The van der Waals surface area contributed by atoms with Crippen molar-refractivity contribution in [2.45, 2.75) is 6.54 Å². The molecule has 0 atom stereocenters. The Kier molecular flexibility index (Phi) is 3.40. The monoisotopic (exact) mass is 230 g/mol. The largest absolute Gasteiger partial charge is 0.345 e. The van der Waals surface area contributed by atoms with Crippen molar-refractivity contribution in [3.63, 3.8) is 0 Å². The van der Waals surface area contributed by atoms with E-state index in [9.17, 15) is 4.39 Å². The predicted octanol–water partition coefficient (Wildman–Crippen LogP) is 3.05. The molecule has 2 nitrogen and oxygen atoms in total. The molecule has 0 saturated heterocycles. The number of benzene rings is 2. The summed E-state index contributed by atoms with van der Waals surface area (Å²) < 4.78 is 12.8. The lowest BCUT2D eigenvalue weighted by Gasteiger charge is -2.19. The van der Waals surface area contributed by atoms with Crippen molar-refractivity contribution in [3.05, 3.63) is 59.9 Å². The minimum atomic E-state index is -0.222. The minimum Gasteiger partial charge on any atom is -0.345 e. The number of rotatable bonds is 3. The van der Waals surface area contributed by atoms with E-state index in [4.69, 9.17) is 5.73 Å². The third-order valence-electron chi connectivity index (χ3n) is 2.77. The third kappa shape index (κ3) is 2.63. The topological polar surface area (TPSA) is 29.3 Å². The Bertz CT molecular complexity index is 477. The van der Waals surface area contributed by atoms with Crippen LogP contribution in [0.5, 0.6) is 0 Å². The van der Waals surface area contributed by atoms with Crippen LogP contribution in [0.3, 0.4) is 0 Å². The molecule has 2 aromatic carbocycles. The van der Waals surface area contributed by atoms with Gasteiger partial charge in [-0.25, -0.2) is 4.39 Å². The van der Waals surface area contributed by atoms with E-state index in [1.807, 2.05) is 36.2 Å². The first kappa shape index (κ1) is 11.6. The zero-order valence-corrected chi connectivity index (χ0v) is 9.73. The Morgan fingerprint density at radius 1 is 0.941 bits per heavy atom. The molecule has 0 bridgehead atoms. The van der Waals surface area contributed by atoms with Gasteiger partial charge in [0.15, 0.2) is 0 Å². The highest BCUT2D eigenvalue weighted by Gasteiger charge is 2.03. The van der Waals surface area contributed by atoms with Crippen molar-refractivity contribution in [1.29, 1.82) is 0 Å². The first-order valence-electron chi connectivity index (χ1n) is 5.49. The van der Waals surface area contributed by atoms with Crippen LogP contribution in [0.25, 0.3) is 0 Å². The van der Waals surface area contributed by atoms with Gasteiger partial charge in [0, 0.05) is 25.0 Å². The van der Waals surface area contributed by atoms with E-state index < -0.39 is 0 Å². The average Bonchev–Trinajstić information content (AvgIpc) is 2.39. The normalized spacial score (nSPS) is 10.3. The fraction of sp³-hybridized carbons (Fsp3) is 0.143. The summed E-state index contributed by atoms with van der Waals surface area (Å²) in [5, 5.41) is 0. The van der Waals surface area contributed by atoms with E-state index >= 15 is 0 Å². The van der Waals surface area contributed by atoms with Crippen molar-refractivity contribution < 1.29 is 4.39 Å². The molecule has 0 heterocycles. The second-order valence-corrected chi connectivity index (χ2v) is 3.91. The van der Waals surface area contributed by atoms with Gasteiger partial charge in [0.05, 0.1) is 0 Å². The number of hydrogen-bond donors (Lipinski definition) is 1. The second-order valence-electron chi connectivity index (χ2n) is 3.91. The molecular weight excluding hydrogens is 215 g/mol. The number of nitrogens with two attached hydrogens (primary N) is 1. The fourth-order valence-electron chi connectivity index (χ4n) is 1.67. The van der Waals surface area contributed by atoms with Crippen LogP contribution in [-0.4, -0.2) is 7.05 Å². The molecule has 3 heteroatoms. The number of nitrogens with zero attached hydrogens (tertiary/aromatic N) is 1. The molecule has 2 aromatic rings. The van der Waals surface area contributed by atoms with E-state index in [-0.39, 0.29) is 5.82 Å². The van der Waals surface area contributed by atoms with Crippen molar-refractivity contribution in [3.8, 4) is 0 Å². The first-order chi connectivity index (χ1) is 8.20. The summed E-state index contributed by atoms with van der Waals surface area (Å²) in [6.45, 7) is 0.542. The van der Waals surface area contributed by atoms with E-state index in [0.717, 1.165) is 16.9 Å². The molecule has 0 unspecified atom stereocenters. The molecule has 88 valence electrons. The molecule has 0 radical (unpaired) electrons. The summed E-state index contributed by atoms with van der Waals surface area (Å²) in [4.78, 5) is 2.00. The van der Waals surface area contributed by atoms with Crippen LogP contribution in [-0.2, 0) is 6.54 Å². The van der Waals surface area contributed by atoms with Gasteiger partial charge in [-0.3, -0.25) is 0 Å². The summed E-state index contributed by atoms with van der Waals surface area (Å²) >= 11 is 0. The molecule has 2 N–H and O–H groups in total. The zero-order chi connectivity index (χ0) is 12.3. The van der Waals surface area contributed by atoms with Crippen LogP contribution in [0.2, 0.25) is 0 Å². The van der Waals surface area contributed by atoms with Crippen molar-refractivity contribution in [2.24, 2.45) is 5.73 Å². The lowest BCUT2D eigenvalue weighted by molar-refractivity contribution is 0.628. The number of halogens is 1. The van der Waals surface area contributed by atoms with Gasteiger partial charge in [-0.15, -0.1) is 0 Å². The average molecular weight is 230 g/mol. The van der Waals surface area contributed by atoms with Gasteiger partial charge in [0.1, 0.15) is 5.82 Å². The van der Waals surface area contributed by atoms with Gasteiger partial charge in [-0.2, -0.15) is 0 Å². The predicted molar refractivity (Wildman–Crippen MR) is 68.8 cm³/mol. The Balaban J connectivity index is 2.23. The maximum absolute atomic E-state index is 12.8. The molecule has 2 rings (SSSR count). The number of anilines is 2. The van der Waals surface area contributed by atoms with Crippen LogP contribution < -0.4 is 10.6 Å². The van der Waals surface area contributed by atoms with Gasteiger partial charge in [-0.05, 0) is 42.0 Å². The van der Waals surface area contributed by atoms with Crippen LogP contribution >= 0.6 is 0 Å². The smallest absolute Gasteiger partial charge is 0.123 e. The highest BCUT2D eigenvalue weighted by atomic mass is 19.1. The summed E-state index contributed by atoms with van der Waals surface area (Å²) in [7, 11) is 1.95. The van der Waals surface area contributed by atoms with Gasteiger partial charge < -0.3 is 10.6 Å². The molecule has 0 fully saturated rings. The molecule has 0 saturated carbocycles. The summed E-state index contributed by atoms with van der Waals surface area (Å²) in [5.41, 5.74) is 8.65. The lowest BCUT2D eigenvalue weighted by atomic mass is 10.2. The summed E-state index contributed by atoms with van der Waals surface area (Å²) in [6.07, 6.45) is 0. The Labute approximate surface area is 100 Å². The molecule has 0 amide bonds. The van der Waals surface area contributed by atoms with Gasteiger partial charge in [0.25, 0.3) is 0 Å². The third-order valence-corrected chi connectivity index (χ3v) is 2.77. The zero-order valence-electron chi connectivity index (χ0n) is 9.73. The molecule has 17 heavy (non-hydrogen) atoms. The molecule has 0 aliphatic heterocycles. The Morgan fingerprint density at radius 2 is 1.41 bits per heavy atom.